The molecule has 5 heteroatoms. The summed E-state index contributed by atoms with van der Waals surface area (Å²) in [6, 6.07) is 22.9. The van der Waals surface area contributed by atoms with Gasteiger partial charge in [0.15, 0.2) is 5.13 Å². The molecular formula is C23H22N4S. The third kappa shape index (κ3) is 3.89. The van der Waals surface area contributed by atoms with Gasteiger partial charge in [0.2, 0.25) is 0 Å². The molecule has 0 unspecified atom stereocenters. The number of aryl methyl sites for hydroxylation is 1. The quantitative estimate of drug-likeness (QED) is 0.446. The van der Waals surface area contributed by atoms with Crippen molar-refractivity contribution in [2.75, 3.05) is 11.1 Å². The van der Waals surface area contributed by atoms with Gasteiger partial charge in [-0.3, -0.25) is 0 Å². The Morgan fingerprint density at radius 2 is 1.79 bits per heavy atom. The highest BCUT2D eigenvalue weighted by Crippen LogP contribution is 2.38. The van der Waals surface area contributed by atoms with Crippen LogP contribution in [0.4, 0.5) is 10.9 Å². The number of nitrogens with zero attached hydrogens (tertiary/aromatic N) is 2. The number of aromatic nitrogens is 2. The molecule has 0 saturated heterocycles. The van der Waals surface area contributed by atoms with E-state index in [2.05, 4.69) is 65.5 Å². The number of nitrogens with two attached hydrogens (primary N) is 1. The smallest absolute Gasteiger partial charge is 0.181 e. The van der Waals surface area contributed by atoms with Crippen molar-refractivity contribution in [1.29, 1.82) is 0 Å². The number of rotatable bonds is 5. The van der Waals surface area contributed by atoms with Crippen molar-refractivity contribution in [2.24, 2.45) is 0 Å². The Labute approximate surface area is 169 Å². The van der Waals surface area contributed by atoms with E-state index in [1.165, 1.54) is 22.5 Å². The van der Waals surface area contributed by atoms with Gasteiger partial charge < -0.3 is 11.1 Å². The number of benzene rings is 2. The predicted octanol–water partition coefficient (Wildman–Crippen LogP) is 5.94. The van der Waals surface area contributed by atoms with Crippen molar-refractivity contribution >= 4 is 22.3 Å². The van der Waals surface area contributed by atoms with Crippen LogP contribution in [-0.4, -0.2) is 9.97 Å². The Morgan fingerprint density at radius 3 is 2.57 bits per heavy atom. The number of anilines is 2. The minimum atomic E-state index is 0.159. The van der Waals surface area contributed by atoms with E-state index in [9.17, 15) is 0 Å². The van der Waals surface area contributed by atoms with Gasteiger partial charge in [0.25, 0.3) is 0 Å². The van der Waals surface area contributed by atoms with Crippen LogP contribution in [0.1, 0.15) is 24.1 Å². The molecule has 1 atom stereocenters. The van der Waals surface area contributed by atoms with Crippen LogP contribution in [0.2, 0.25) is 0 Å². The van der Waals surface area contributed by atoms with Gasteiger partial charge in [0, 0.05) is 17.8 Å². The maximum absolute atomic E-state index is 6.06. The molecule has 0 aliphatic rings. The van der Waals surface area contributed by atoms with Crippen molar-refractivity contribution in [3.05, 3.63) is 84.1 Å². The SMILES string of the molecule is Cc1cccc(-c2nc(N)sc2-c2ccnc(N[C@@H](C)c3ccccc3)c2)c1. The molecule has 0 spiro atoms. The van der Waals surface area contributed by atoms with Gasteiger partial charge in [0.05, 0.1) is 10.6 Å². The highest BCUT2D eigenvalue weighted by Gasteiger charge is 2.15. The average molecular weight is 387 g/mol. The lowest BCUT2D eigenvalue weighted by Gasteiger charge is -2.15. The maximum atomic E-state index is 6.06. The molecule has 2 heterocycles. The monoisotopic (exact) mass is 386 g/mol. The number of hydrogen-bond donors (Lipinski definition) is 2. The third-order valence-electron chi connectivity index (χ3n) is 4.62. The molecule has 0 bridgehead atoms. The van der Waals surface area contributed by atoms with Crippen LogP contribution < -0.4 is 11.1 Å². The number of hydrogen-bond acceptors (Lipinski definition) is 5. The van der Waals surface area contributed by atoms with Gasteiger partial charge in [0.1, 0.15) is 5.82 Å². The summed E-state index contributed by atoms with van der Waals surface area (Å²) in [6.45, 7) is 4.21. The third-order valence-corrected chi connectivity index (χ3v) is 5.55. The Hall–Kier alpha value is -3.18. The number of thiazole rings is 1. The van der Waals surface area contributed by atoms with Gasteiger partial charge in [-0.25, -0.2) is 9.97 Å². The molecule has 28 heavy (non-hydrogen) atoms. The molecule has 4 aromatic rings. The first-order chi connectivity index (χ1) is 13.6. The summed E-state index contributed by atoms with van der Waals surface area (Å²) in [5.74, 6) is 0.830. The Bertz CT molecular complexity index is 1090. The van der Waals surface area contributed by atoms with E-state index in [0.29, 0.717) is 5.13 Å². The predicted molar refractivity (Wildman–Crippen MR) is 118 cm³/mol. The minimum Gasteiger partial charge on any atom is -0.375 e. The molecule has 4 nitrogen and oxygen atoms in total. The van der Waals surface area contributed by atoms with Gasteiger partial charge in [-0.15, -0.1) is 0 Å². The van der Waals surface area contributed by atoms with E-state index in [1.54, 1.807) is 0 Å². The Morgan fingerprint density at radius 1 is 0.964 bits per heavy atom. The topological polar surface area (TPSA) is 63.8 Å². The van der Waals surface area contributed by atoms with Gasteiger partial charge in [-0.05, 0) is 43.2 Å². The van der Waals surface area contributed by atoms with Crippen LogP contribution in [0.3, 0.4) is 0 Å². The summed E-state index contributed by atoms with van der Waals surface area (Å²) < 4.78 is 0. The van der Waals surface area contributed by atoms with Crippen molar-refractivity contribution in [3.8, 4) is 21.7 Å². The van der Waals surface area contributed by atoms with E-state index in [0.717, 1.165) is 27.5 Å². The molecule has 0 fully saturated rings. The standard InChI is InChI=1S/C23H22N4S/c1-15-7-6-10-18(13-15)21-22(28-23(24)27-21)19-11-12-25-20(14-19)26-16(2)17-8-4-3-5-9-17/h3-14,16H,1-2H3,(H2,24,27)(H,25,26)/t16-/m0/s1. The first-order valence-corrected chi connectivity index (χ1v) is 10.0. The molecule has 0 aliphatic heterocycles. The van der Waals surface area contributed by atoms with E-state index >= 15 is 0 Å². The summed E-state index contributed by atoms with van der Waals surface area (Å²) in [5.41, 5.74) is 11.5. The largest absolute Gasteiger partial charge is 0.375 e. The van der Waals surface area contributed by atoms with Gasteiger partial charge in [-0.1, -0.05) is 65.4 Å². The lowest BCUT2D eigenvalue weighted by Crippen LogP contribution is -2.07. The van der Waals surface area contributed by atoms with E-state index < -0.39 is 0 Å². The fraction of sp³-hybridized carbons (Fsp3) is 0.130. The highest BCUT2D eigenvalue weighted by atomic mass is 32.1. The molecule has 0 aliphatic carbocycles. The zero-order valence-corrected chi connectivity index (χ0v) is 16.7. The molecular weight excluding hydrogens is 364 g/mol. The van der Waals surface area contributed by atoms with Crippen molar-refractivity contribution in [2.45, 2.75) is 19.9 Å². The van der Waals surface area contributed by atoms with Crippen molar-refractivity contribution < 1.29 is 0 Å². The number of nitrogen functional groups attached to an aromatic ring is 1. The average Bonchev–Trinajstić information content (AvgIpc) is 3.11. The Kier molecular flexibility index (Phi) is 5.08. The molecule has 0 saturated carbocycles. The number of nitrogens with one attached hydrogen (secondary N) is 1. The van der Waals surface area contributed by atoms with Crippen LogP contribution in [0.15, 0.2) is 72.9 Å². The fourth-order valence-corrected chi connectivity index (χ4v) is 4.07. The van der Waals surface area contributed by atoms with Crippen LogP contribution in [0.25, 0.3) is 21.7 Å². The zero-order valence-electron chi connectivity index (χ0n) is 15.9. The molecule has 2 aromatic heterocycles. The first-order valence-electron chi connectivity index (χ1n) is 9.21. The second kappa shape index (κ2) is 7.82. The maximum Gasteiger partial charge on any atom is 0.181 e. The van der Waals surface area contributed by atoms with E-state index in [-0.39, 0.29) is 6.04 Å². The molecule has 2 aromatic carbocycles. The van der Waals surface area contributed by atoms with E-state index in [4.69, 9.17) is 5.73 Å². The molecule has 0 radical (unpaired) electrons. The number of pyridine rings is 1. The van der Waals surface area contributed by atoms with Gasteiger partial charge >= 0.3 is 0 Å². The lowest BCUT2D eigenvalue weighted by atomic mass is 10.1. The molecule has 4 rings (SSSR count). The summed E-state index contributed by atoms with van der Waals surface area (Å²) in [4.78, 5) is 10.1. The second-order valence-corrected chi connectivity index (χ2v) is 7.84. The molecule has 3 N–H and O–H groups in total. The zero-order chi connectivity index (χ0) is 19.5. The van der Waals surface area contributed by atoms with Crippen LogP contribution in [0, 0.1) is 6.92 Å². The van der Waals surface area contributed by atoms with Crippen molar-refractivity contribution in [3.63, 3.8) is 0 Å². The minimum absolute atomic E-state index is 0.159. The fourth-order valence-electron chi connectivity index (χ4n) is 3.22. The molecule has 0 amide bonds. The summed E-state index contributed by atoms with van der Waals surface area (Å²) in [5, 5.41) is 4.05. The normalized spacial score (nSPS) is 11.9. The van der Waals surface area contributed by atoms with Crippen molar-refractivity contribution in [1.82, 2.24) is 9.97 Å². The second-order valence-electron chi connectivity index (χ2n) is 6.81. The van der Waals surface area contributed by atoms with E-state index in [1.807, 2.05) is 36.5 Å². The summed E-state index contributed by atoms with van der Waals surface area (Å²) in [6.07, 6.45) is 1.82. The molecule has 140 valence electrons. The first kappa shape index (κ1) is 18.2. The van der Waals surface area contributed by atoms with Gasteiger partial charge in [-0.2, -0.15) is 0 Å². The van der Waals surface area contributed by atoms with Crippen LogP contribution >= 0.6 is 11.3 Å². The lowest BCUT2D eigenvalue weighted by molar-refractivity contribution is 0.875. The summed E-state index contributed by atoms with van der Waals surface area (Å²) in [7, 11) is 0. The van der Waals surface area contributed by atoms with Crippen LogP contribution in [-0.2, 0) is 0 Å². The van der Waals surface area contributed by atoms with Crippen LogP contribution in [0.5, 0.6) is 0 Å². The Balaban J connectivity index is 1.67. The highest BCUT2D eigenvalue weighted by molar-refractivity contribution is 7.19. The summed E-state index contributed by atoms with van der Waals surface area (Å²) >= 11 is 1.50.